The van der Waals surface area contributed by atoms with Crippen molar-refractivity contribution in [3.8, 4) is 5.75 Å². The maximum absolute atomic E-state index is 13.6. The summed E-state index contributed by atoms with van der Waals surface area (Å²) in [6.07, 6.45) is 0.139. The number of esters is 1. The molecular weight excluding hydrogens is 367 g/mol. The predicted molar refractivity (Wildman–Crippen MR) is 95.0 cm³/mol. The first kappa shape index (κ1) is 19.3. The summed E-state index contributed by atoms with van der Waals surface area (Å²) >= 11 is 7.45. The van der Waals surface area contributed by atoms with Gasteiger partial charge in [-0.25, -0.2) is 4.39 Å². The maximum Gasteiger partial charge on any atom is 0.307 e. The van der Waals surface area contributed by atoms with E-state index in [1.165, 1.54) is 31.0 Å². The van der Waals surface area contributed by atoms with Crippen molar-refractivity contribution in [2.45, 2.75) is 11.3 Å². The number of methoxy groups -OCH3 is 1. The molecule has 0 radical (unpaired) electrons. The average Bonchev–Trinajstić information content (AvgIpc) is 2.61. The van der Waals surface area contributed by atoms with Crippen LogP contribution in [0.1, 0.15) is 16.8 Å². The van der Waals surface area contributed by atoms with Crippen molar-refractivity contribution < 1.29 is 23.5 Å². The molecule has 0 aliphatic carbocycles. The number of halogens is 2. The number of benzene rings is 2. The van der Waals surface area contributed by atoms with Crippen LogP contribution >= 0.6 is 23.4 Å². The fourth-order valence-electron chi connectivity index (χ4n) is 1.95. The van der Waals surface area contributed by atoms with Crippen molar-refractivity contribution in [1.29, 1.82) is 0 Å². The lowest BCUT2D eigenvalue weighted by atomic mass is 10.1. The highest BCUT2D eigenvalue weighted by atomic mass is 35.5. The zero-order valence-corrected chi connectivity index (χ0v) is 15.0. The zero-order chi connectivity index (χ0) is 18.2. The van der Waals surface area contributed by atoms with E-state index in [2.05, 4.69) is 0 Å². The third-order valence-electron chi connectivity index (χ3n) is 3.24. The summed E-state index contributed by atoms with van der Waals surface area (Å²) in [5, 5.41) is 0.623. The molecule has 0 spiro atoms. The minimum atomic E-state index is -0.643. The molecule has 2 aromatic carbocycles. The molecule has 2 rings (SSSR count). The third-order valence-corrected chi connectivity index (χ3v) is 4.76. The quantitative estimate of drug-likeness (QED) is 0.385. The largest absolute Gasteiger partial charge is 0.494 e. The second-order valence-electron chi connectivity index (χ2n) is 4.96. The molecule has 25 heavy (non-hydrogen) atoms. The van der Waals surface area contributed by atoms with Crippen LogP contribution in [0.5, 0.6) is 5.75 Å². The van der Waals surface area contributed by atoms with Crippen molar-refractivity contribution >= 4 is 35.1 Å². The van der Waals surface area contributed by atoms with Crippen LogP contribution in [0.25, 0.3) is 0 Å². The molecule has 0 fully saturated rings. The van der Waals surface area contributed by atoms with Gasteiger partial charge >= 0.3 is 5.97 Å². The summed E-state index contributed by atoms with van der Waals surface area (Å²) in [7, 11) is 1.34. The summed E-state index contributed by atoms with van der Waals surface area (Å²) in [5.41, 5.74) is 0.122. The lowest BCUT2D eigenvalue weighted by Gasteiger charge is -2.07. The number of thioether (sulfide) groups is 1. The number of ketones is 1. The van der Waals surface area contributed by atoms with Crippen LogP contribution in [0.15, 0.2) is 47.4 Å². The molecule has 0 saturated heterocycles. The number of carbonyl (C=O) groups excluding carboxylic acids is 2. The SMILES string of the molecule is COc1ccc(C(=O)COC(=O)CCSc2ccccc2Cl)cc1F. The van der Waals surface area contributed by atoms with Gasteiger partial charge in [0.15, 0.2) is 24.0 Å². The first-order valence-corrected chi connectivity index (χ1v) is 8.77. The lowest BCUT2D eigenvalue weighted by molar-refractivity contribution is -0.141. The highest BCUT2D eigenvalue weighted by Crippen LogP contribution is 2.27. The van der Waals surface area contributed by atoms with Crippen LogP contribution in [-0.2, 0) is 9.53 Å². The first-order chi connectivity index (χ1) is 12.0. The molecule has 0 bridgehead atoms. The normalized spacial score (nSPS) is 10.4. The van der Waals surface area contributed by atoms with Gasteiger partial charge in [0.2, 0.25) is 0 Å². The summed E-state index contributed by atoms with van der Waals surface area (Å²) < 4.78 is 23.3. The van der Waals surface area contributed by atoms with E-state index in [9.17, 15) is 14.0 Å². The molecule has 0 heterocycles. The van der Waals surface area contributed by atoms with Gasteiger partial charge in [-0.05, 0) is 30.3 Å². The van der Waals surface area contributed by atoms with Crippen LogP contribution in [0.4, 0.5) is 4.39 Å². The van der Waals surface area contributed by atoms with Gasteiger partial charge in [-0.15, -0.1) is 11.8 Å². The van der Waals surface area contributed by atoms with Crippen molar-refractivity contribution in [2.75, 3.05) is 19.5 Å². The van der Waals surface area contributed by atoms with Crippen LogP contribution in [0, 0.1) is 5.82 Å². The van der Waals surface area contributed by atoms with E-state index in [0.29, 0.717) is 10.8 Å². The van der Waals surface area contributed by atoms with Gasteiger partial charge in [-0.2, -0.15) is 0 Å². The Balaban J connectivity index is 1.77. The molecule has 0 aliphatic heterocycles. The highest BCUT2D eigenvalue weighted by molar-refractivity contribution is 7.99. The molecule has 2 aromatic rings. The Labute approximate surface area is 154 Å². The van der Waals surface area contributed by atoms with E-state index < -0.39 is 24.2 Å². The summed E-state index contributed by atoms with van der Waals surface area (Å²) in [5.74, 6) is -1.09. The van der Waals surface area contributed by atoms with Crippen LogP contribution in [-0.4, -0.2) is 31.2 Å². The van der Waals surface area contributed by atoms with E-state index in [-0.39, 0.29) is 17.7 Å². The topological polar surface area (TPSA) is 52.6 Å². The molecular formula is C18H16ClFO4S. The number of hydrogen-bond acceptors (Lipinski definition) is 5. The molecule has 0 saturated carbocycles. The second kappa shape index (κ2) is 9.44. The van der Waals surface area contributed by atoms with E-state index >= 15 is 0 Å². The van der Waals surface area contributed by atoms with Gasteiger partial charge in [0, 0.05) is 16.2 Å². The van der Waals surface area contributed by atoms with Crippen molar-refractivity contribution in [1.82, 2.24) is 0 Å². The number of Topliss-reactive ketones (excluding diaryl/α,β-unsaturated/α-hetero) is 1. The molecule has 7 heteroatoms. The smallest absolute Gasteiger partial charge is 0.307 e. The molecule has 0 unspecified atom stereocenters. The Morgan fingerprint density at radius 2 is 1.96 bits per heavy atom. The van der Waals surface area contributed by atoms with Gasteiger partial charge in [0.25, 0.3) is 0 Å². The molecule has 4 nitrogen and oxygen atoms in total. The fraction of sp³-hybridized carbons (Fsp3) is 0.222. The monoisotopic (exact) mass is 382 g/mol. The minimum absolute atomic E-state index is 0.0464. The molecule has 132 valence electrons. The summed E-state index contributed by atoms with van der Waals surface area (Å²) in [6, 6.07) is 11.2. The number of carbonyl (C=O) groups is 2. The Morgan fingerprint density at radius 3 is 2.64 bits per heavy atom. The summed E-state index contributed by atoms with van der Waals surface area (Å²) in [6.45, 7) is -0.429. The Hall–Kier alpha value is -2.05. The lowest BCUT2D eigenvalue weighted by Crippen LogP contribution is -2.14. The fourth-order valence-corrected chi connectivity index (χ4v) is 3.12. The van der Waals surface area contributed by atoms with Gasteiger partial charge < -0.3 is 9.47 Å². The summed E-state index contributed by atoms with van der Waals surface area (Å²) in [4.78, 5) is 24.5. The minimum Gasteiger partial charge on any atom is -0.494 e. The van der Waals surface area contributed by atoms with Gasteiger partial charge in [-0.1, -0.05) is 23.7 Å². The Bertz CT molecular complexity index is 766. The van der Waals surface area contributed by atoms with Gasteiger partial charge in [0.05, 0.1) is 18.6 Å². The molecule has 0 aromatic heterocycles. The first-order valence-electron chi connectivity index (χ1n) is 7.41. The third kappa shape index (κ3) is 5.76. The molecule has 0 aliphatic rings. The number of ether oxygens (including phenoxy) is 2. The van der Waals surface area contributed by atoms with Crippen LogP contribution in [0.2, 0.25) is 5.02 Å². The van der Waals surface area contributed by atoms with E-state index in [1.807, 2.05) is 18.2 Å². The van der Waals surface area contributed by atoms with Crippen molar-refractivity contribution in [3.05, 3.63) is 58.9 Å². The highest BCUT2D eigenvalue weighted by Gasteiger charge is 2.13. The van der Waals surface area contributed by atoms with Crippen molar-refractivity contribution in [3.63, 3.8) is 0 Å². The zero-order valence-electron chi connectivity index (χ0n) is 13.5. The van der Waals surface area contributed by atoms with E-state index in [1.54, 1.807) is 6.07 Å². The van der Waals surface area contributed by atoms with Crippen molar-refractivity contribution in [2.24, 2.45) is 0 Å². The molecule has 0 amide bonds. The Morgan fingerprint density at radius 1 is 1.20 bits per heavy atom. The van der Waals surface area contributed by atoms with E-state index in [4.69, 9.17) is 21.1 Å². The second-order valence-corrected chi connectivity index (χ2v) is 6.51. The number of rotatable bonds is 8. The molecule has 0 N–H and O–H groups in total. The van der Waals surface area contributed by atoms with Crippen LogP contribution in [0.3, 0.4) is 0 Å². The van der Waals surface area contributed by atoms with E-state index in [0.717, 1.165) is 11.0 Å². The van der Waals surface area contributed by atoms with Gasteiger partial charge in [-0.3, -0.25) is 9.59 Å². The van der Waals surface area contributed by atoms with Gasteiger partial charge in [0.1, 0.15) is 0 Å². The Kier molecular flexibility index (Phi) is 7.28. The predicted octanol–water partition coefficient (Wildman–Crippen LogP) is 4.40. The standard InChI is InChI=1S/C18H16ClFO4S/c1-23-16-7-6-12(10-14(16)20)15(21)11-24-18(22)8-9-25-17-5-3-2-4-13(17)19/h2-7,10H,8-9,11H2,1H3. The number of hydrogen-bond donors (Lipinski definition) is 0. The van der Waals surface area contributed by atoms with Crippen LogP contribution < -0.4 is 4.74 Å². The molecule has 0 atom stereocenters. The average molecular weight is 383 g/mol. The maximum atomic E-state index is 13.6.